The maximum atomic E-state index is 12.9. The summed E-state index contributed by atoms with van der Waals surface area (Å²) < 4.78 is 38.7. The van der Waals surface area contributed by atoms with Gasteiger partial charge < -0.3 is 26.0 Å². The minimum Gasteiger partial charge on any atom is -0.465 e. The molecule has 0 atom stereocenters. The molecule has 2 aromatic carbocycles. The Balaban J connectivity index is 0.000000287. The number of anilines is 2. The largest absolute Gasteiger partial charge is 0.465 e. The summed E-state index contributed by atoms with van der Waals surface area (Å²) in [7, 11) is 4.05. The molecule has 0 spiro atoms. The van der Waals surface area contributed by atoms with Crippen LogP contribution in [0.3, 0.4) is 0 Å². The maximum Gasteiger partial charge on any atom is 0.418 e. The fraction of sp³-hybridized carbons (Fsp3) is 0.417. The fourth-order valence-electron chi connectivity index (χ4n) is 2.96. The van der Waals surface area contributed by atoms with Crippen LogP contribution in [0, 0.1) is 0 Å². The summed E-state index contributed by atoms with van der Waals surface area (Å²) >= 11 is 0. The van der Waals surface area contributed by atoms with Crippen molar-refractivity contribution in [2.75, 3.05) is 26.0 Å². The SMILES string of the molecule is CN(C)CCCC(=O)NC1CC1.O=C(O)NCc1ccc(Nc2ccccc2C(F)(F)F)cc1. The lowest BCUT2D eigenvalue weighted by molar-refractivity contribution is -0.137. The highest BCUT2D eigenvalue weighted by Crippen LogP contribution is 2.35. The molecule has 10 heteroatoms. The molecule has 1 saturated carbocycles. The predicted molar refractivity (Wildman–Crippen MR) is 125 cm³/mol. The summed E-state index contributed by atoms with van der Waals surface area (Å²) in [6, 6.07) is 12.2. The number of nitrogens with one attached hydrogen (secondary N) is 3. The number of nitrogens with zero attached hydrogens (tertiary/aromatic N) is 1. The second kappa shape index (κ2) is 12.8. The van der Waals surface area contributed by atoms with Crippen LogP contribution in [0.1, 0.15) is 36.8 Å². The Morgan fingerprint density at radius 2 is 1.71 bits per heavy atom. The number of carbonyl (C=O) groups is 2. The third-order valence-corrected chi connectivity index (χ3v) is 4.86. The number of carbonyl (C=O) groups excluding carboxylic acids is 1. The summed E-state index contributed by atoms with van der Waals surface area (Å²) in [6.07, 6.45) is -1.57. The number of benzene rings is 2. The van der Waals surface area contributed by atoms with Crippen LogP contribution in [0.4, 0.5) is 29.3 Å². The monoisotopic (exact) mass is 480 g/mol. The van der Waals surface area contributed by atoms with Gasteiger partial charge in [-0.15, -0.1) is 0 Å². The fourth-order valence-corrected chi connectivity index (χ4v) is 2.96. The average Bonchev–Trinajstić information content (AvgIpc) is 3.57. The third kappa shape index (κ3) is 10.6. The highest BCUT2D eigenvalue weighted by atomic mass is 19.4. The number of hydrogen-bond acceptors (Lipinski definition) is 4. The topological polar surface area (TPSA) is 93.7 Å². The van der Waals surface area contributed by atoms with Gasteiger partial charge in [0.25, 0.3) is 0 Å². The van der Waals surface area contributed by atoms with Gasteiger partial charge >= 0.3 is 12.3 Å². The molecule has 0 saturated heterocycles. The highest BCUT2D eigenvalue weighted by Gasteiger charge is 2.33. The molecule has 3 rings (SSSR count). The van der Waals surface area contributed by atoms with Crippen LogP contribution in [-0.4, -0.2) is 48.7 Å². The molecule has 34 heavy (non-hydrogen) atoms. The van der Waals surface area contributed by atoms with E-state index in [0.29, 0.717) is 23.7 Å². The van der Waals surface area contributed by atoms with Crippen molar-refractivity contribution >= 4 is 23.4 Å². The Bertz CT molecular complexity index is 930. The van der Waals surface area contributed by atoms with Crippen molar-refractivity contribution in [3.63, 3.8) is 0 Å². The standard InChI is InChI=1S/C15H13F3N2O2.C9H18N2O/c16-15(17,18)12-3-1-2-4-13(12)20-11-7-5-10(6-8-11)9-19-14(21)22;1-11(2)7-3-4-9(12)10-8-5-6-8/h1-8,19-20H,9H2,(H,21,22);8H,3-7H2,1-2H3,(H,10,12). The number of carboxylic acid groups (broad SMARTS) is 1. The normalized spacial score (nSPS) is 13.0. The van der Waals surface area contributed by atoms with Crippen LogP contribution < -0.4 is 16.0 Å². The molecule has 0 aromatic heterocycles. The van der Waals surface area contributed by atoms with E-state index < -0.39 is 17.8 Å². The van der Waals surface area contributed by atoms with Gasteiger partial charge in [0.2, 0.25) is 5.91 Å². The van der Waals surface area contributed by atoms with E-state index in [4.69, 9.17) is 5.11 Å². The second-order valence-corrected chi connectivity index (χ2v) is 8.27. The highest BCUT2D eigenvalue weighted by molar-refractivity contribution is 5.76. The van der Waals surface area contributed by atoms with E-state index in [0.717, 1.165) is 19.0 Å². The van der Waals surface area contributed by atoms with Crippen LogP contribution >= 0.6 is 0 Å². The Morgan fingerprint density at radius 3 is 2.26 bits per heavy atom. The maximum absolute atomic E-state index is 12.9. The minimum atomic E-state index is -4.44. The molecule has 1 aliphatic rings. The molecule has 2 amide bonds. The summed E-state index contributed by atoms with van der Waals surface area (Å²) in [5.41, 5.74) is 0.408. The lowest BCUT2D eigenvalue weighted by atomic mass is 10.1. The molecule has 1 fully saturated rings. The van der Waals surface area contributed by atoms with Crippen molar-refractivity contribution in [3.8, 4) is 0 Å². The molecule has 2 aromatic rings. The average molecular weight is 481 g/mol. The lowest BCUT2D eigenvalue weighted by Crippen LogP contribution is -2.26. The number of amides is 2. The first-order valence-electron chi connectivity index (χ1n) is 11.0. The number of hydrogen-bond donors (Lipinski definition) is 4. The molecule has 0 radical (unpaired) electrons. The van der Waals surface area contributed by atoms with Crippen molar-refractivity contribution in [2.24, 2.45) is 0 Å². The van der Waals surface area contributed by atoms with Crippen molar-refractivity contribution in [1.82, 2.24) is 15.5 Å². The summed E-state index contributed by atoms with van der Waals surface area (Å²) in [5, 5.41) is 16.4. The van der Waals surface area contributed by atoms with Crippen molar-refractivity contribution in [1.29, 1.82) is 0 Å². The molecule has 4 N–H and O–H groups in total. The van der Waals surface area contributed by atoms with Gasteiger partial charge in [0, 0.05) is 24.7 Å². The Kier molecular flexibility index (Phi) is 10.2. The quantitative estimate of drug-likeness (QED) is 0.413. The van der Waals surface area contributed by atoms with Crippen LogP contribution in [0.15, 0.2) is 48.5 Å². The predicted octanol–water partition coefficient (Wildman–Crippen LogP) is 4.82. The Labute approximate surface area is 197 Å². The molecule has 0 heterocycles. The van der Waals surface area contributed by atoms with Gasteiger partial charge in [-0.2, -0.15) is 13.2 Å². The van der Waals surface area contributed by atoms with E-state index in [2.05, 4.69) is 20.9 Å². The zero-order valence-electron chi connectivity index (χ0n) is 19.3. The molecule has 0 unspecified atom stereocenters. The summed E-state index contributed by atoms with van der Waals surface area (Å²) in [4.78, 5) is 23.6. The molecular formula is C24H31F3N4O3. The van der Waals surface area contributed by atoms with Crippen LogP contribution in [0.5, 0.6) is 0 Å². The van der Waals surface area contributed by atoms with Crippen molar-refractivity contribution in [3.05, 3.63) is 59.7 Å². The number of para-hydroxylation sites is 1. The summed E-state index contributed by atoms with van der Waals surface area (Å²) in [6.45, 7) is 1.13. The van der Waals surface area contributed by atoms with Crippen LogP contribution in [0.2, 0.25) is 0 Å². The van der Waals surface area contributed by atoms with Gasteiger partial charge in [-0.3, -0.25) is 4.79 Å². The Hall–Kier alpha value is -3.27. The van der Waals surface area contributed by atoms with Gasteiger partial charge in [0.05, 0.1) is 11.3 Å². The van der Waals surface area contributed by atoms with Crippen molar-refractivity contribution < 1.29 is 27.9 Å². The summed E-state index contributed by atoms with van der Waals surface area (Å²) in [5.74, 6) is 0.222. The first-order chi connectivity index (χ1) is 16.0. The molecule has 186 valence electrons. The van der Waals surface area contributed by atoms with E-state index in [-0.39, 0.29) is 18.1 Å². The van der Waals surface area contributed by atoms with Gasteiger partial charge in [-0.1, -0.05) is 24.3 Å². The molecule has 0 aliphatic heterocycles. The first-order valence-corrected chi connectivity index (χ1v) is 11.0. The van der Waals surface area contributed by atoms with E-state index in [1.165, 1.54) is 31.0 Å². The van der Waals surface area contributed by atoms with E-state index in [1.807, 2.05) is 14.1 Å². The minimum absolute atomic E-state index is 0.0357. The Morgan fingerprint density at radius 1 is 1.06 bits per heavy atom. The van der Waals surface area contributed by atoms with Crippen molar-refractivity contribution in [2.45, 2.75) is 44.4 Å². The third-order valence-electron chi connectivity index (χ3n) is 4.86. The molecule has 0 bridgehead atoms. The van der Waals surface area contributed by atoms with Gasteiger partial charge in [-0.05, 0) is 69.7 Å². The number of alkyl halides is 3. The van der Waals surface area contributed by atoms with Gasteiger partial charge in [0.1, 0.15) is 0 Å². The number of halogens is 3. The zero-order chi connectivity index (χ0) is 25.1. The van der Waals surface area contributed by atoms with Gasteiger partial charge in [-0.25, -0.2) is 4.79 Å². The molecule has 7 nitrogen and oxygen atoms in total. The zero-order valence-corrected chi connectivity index (χ0v) is 19.3. The first kappa shape index (κ1) is 27.0. The number of rotatable bonds is 9. The van der Waals surface area contributed by atoms with E-state index >= 15 is 0 Å². The van der Waals surface area contributed by atoms with Gasteiger partial charge in [0.15, 0.2) is 0 Å². The van der Waals surface area contributed by atoms with E-state index in [1.54, 1.807) is 24.3 Å². The van der Waals surface area contributed by atoms with Crippen LogP contribution in [-0.2, 0) is 17.5 Å². The smallest absolute Gasteiger partial charge is 0.418 e. The lowest BCUT2D eigenvalue weighted by Gasteiger charge is -2.14. The molecular weight excluding hydrogens is 449 g/mol. The second-order valence-electron chi connectivity index (χ2n) is 8.27. The van der Waals surface area contributed by atoms with Crippen LogP contribution in [0.25, 0.3) is 0 Å². The molecule has 1 aliphatic carbocycles. The van der Waals surface area contributed by atoms with E-state index in [9.17, 15) is 22.8 Å².